The molecule has 6 fully saturated rings. The van der Waals surface area contributed by atoms with Gasteiger partial charge in [-0.3, -0.25) is 14.4 Å². The Morgan fingerprint density at radius 3 is 1.54 bits per heavy atom. The number of aliphatic carboxylic acids is 2. The lowest BCUT2D eigenvalue weighted by molar-refractivity contribution is -0.150. The van der Waals surface area contributed by atoms with Crippen LogP contribution in [0.15, 0.2) is 0 Å². The third kappa shape index (κ3) is 9.71. The summed E-state index contributed by atoms with van der Waals surface area (Å²) in [5.41, 5.74) is 3.24. The molecule has 6 aliphatic carbocycles. The fourth-order valence-electron chi connectivity index (χ4n) is 11.6. The van der Waals surface area contributed by atoms with Gasteiger partial charge in [0.15, 0.2) is 0 Å². The molecule has 50 heavy (non-hydrogen) atoms. The highest BCUT2D eigenvalue weighted by Gasteiger charge is 2.44. The molecule has 0 radical (unpaired) electrons. The first-order valence-corrected chi connectivity index (χ1v) is 21.5. The maximum absolute atomic E-state index is 13.5. The molecule has 0 aromatic heterocycles. The molecule has 0 bridgehead atoms. The van der Waals surface area contributed by atoms with Gasteiger partial charge in [0.1, 0.15) is 0 Å². The van der Waals surface area contributed by atoms with E-state index in [1.54, 1.807) is 0 Å². The third-order valence-corrected chi connectivity index (χ3v) is 15.6. The van der Waals surface area contributed by atoms with E-state index in [0.717, 1.165) is 64.2 Å². The minimum Gasteiger partial charge on any atom is -0.481 e. The molecule has 6 rings (SSSR count). The van der Waals surface area contributed by atoms with Crippen molar-refractivity contribution in [2.75, 3.05) is 6.61 Å². The summed E-state index contributed by atoms with van der Waals surface area (Å²) in [6, 6.07) is -0.0934. The van der Waals surface area contributed by atoms with Gasteiger partial charge in [0.05, 0.1) is 35.1 Å². The SMILES string of the molecule is O=C(O)C1CC(C2CCCCC2)CCC1CONC1CCC(C2CCC(NC(=O)C3CCC(C4CCCCC4)CC3C(=O)O)C(Cl)C2)CC1Cl. The molecule has 0 spiro atoms. The number of halogens is 2. The molecular weight excluding hydrogens is 675 g/mol. The van der Waals surface area contributed by atoms with Crippen LogP contribution >= 0.6 is 23.2 Å². The topological polar surface area (TPSA) is 125 Å². The number of carbonyl (C=O) groups excluding carboxylic acids is 1. The van der Waals surface area contributed by atoms with Crippen molar-refractivity contribution in [2.24, 2.45) is 59.2 Å². The van der Waals surface area contributed by atoms with Crippen LogP contribution < -0.4 is 10.8 Å². The summed E-state index contributed by atoms with van der Waals surface area (Å²) in [4.78, 5) is 44.0. The maximum Gasteiger partial charge on any atom is 0.307 e. The molecule has 6 saturated carbocycles. The number of carboxylic acid groups (broad SMARTS) is 2. The van der Waals surface area contributed by atoms with Crippen LogP contribution in [-0.4, -0.2) is 57.5 Å². The smallest absolute Gasteiger partial charge is 0.307 e. The molecule has 4 N–H and O–H groups in total. The molecular formula is C40H64Cl2N2O6. The van der Waals surface area contributed by atoms with E-state index < -0.39 is 23.8 Å². The van der Waals surface area contributed by atoms with E-state index in [1.165, 1.54) is 64.2 Å². The van der Waals surface area contributed by atoms with Crippen LogP contribution in [0.1, 0.15) is 141 Å². The highest BCUT2D eigenvalue weighted by molar-refractivity contribution is 6.21. The van der Waals surface area contributed by atoms with Crippen molar-refractivity contribution in [3.05, 3.63) is 0 Å². The van der Waals surface area contributed by atoms with Gasteiger partial charge >= 0.3 is 11.9 Å². The standard InChI is InChI=1S/C40H64Cl2N2O6/c41-34-21-28(14-17-36(34)43-38(45)31-16-13-27(20-33(31)40(48)49)25-9-5-2-6-10-25)29-15-18-37(35(42)22-29)44-50-23-30-12-11-26(19-32(30)39(46)47)24-7-3-1-4-8-24/h24-37,44H,1-23H2,(H,43,45)(H,46,47)(H,48,49). The van der Waals surface area contributed by atoms with E-state index in [1.807, 2.05) is 0 Å². The molecule has 1 amide bonds. The molecule has 284 valence electrons. The van der Waals surface area contributed by atoms with Crippen molar-refractivity contribution < 1.29 is 29.4 Å². The number of carboxylic acids is 2. The Bertz CT molecular complexity index is 1130. The summed E-state index contributed by atoms with van der Waals surface area (Å²) >= 11 is 13.9. The quantitative estimate of drug-likeness (QED) is 0.124. The van der Waals surface area contributed by atoms with Crippen molar-refractivity contribution in [1.82, 2.24) is 10.8 Å². The van der Waals surface area contributed by atoms with Gasteiger partial charge in [-0.1, -0.05) is 64.2 Å². The Balaban J connectivity index is 0.910. The van der Waals surface area contributed by atoms with Crippen LogP contribution in [-0.2, 0) is 19.2 Å². The van der Waals surface area contributed by atoms with Gasteiger partial charge < -0.3 is 20.4 Å². The first-order valence-electron chi connectivity index (χ1n) is 20.6. The first kappa shape index (κ1) is 38.6. The molecule has 6 aliphatic rings. The van der Waals surface area contributed by atoms with Gasteiger partial charge in [-0.15, -0.1) is 23.2 Å². The Morgan fingerprint density at radius 1 is 0.520 bits per heavy atom. The predicted octanol–water partition coefficient (Wildman–Crippen LogP) is 8.57. The van der Waals surface area contributed by atoms with Gasteiger partial charge in [0.25, 0.3) is 0 Å². The fourth-order valence-corrected chi connectivity index (χ4v) is 12.4. The van der Waals surface area contributed by atoms with E-state index in [-0.39, 0.29) is 40.6 Å². The molecule has 0 aliphatic heterocycles. The van der Waals surface area contributed by atoms with Crippen LogP contribution in [0.25, 0.3) is 0 Å². The number of amides is 1. The number of hydrogen-bond acceptors (Lipinski definition) is 5. The zero-order valence-corrected chi connectivity index (χ0v) is 31.6. The summed E-state index contributed by atoms with van der Waals surface area (Å²) in [5, 5.41) is 23.1. The highest BCUT2D eigenvalue weighted by atomic mass is 35.5. The minimum absolute atomic E-state index is 0.0348. The number of alkyl halides is 2. The summed E-state index contributed by atoms with van der Waals surface area (Å²) < 4.78 is 0. The largest absolute Gasteiger partial charge is 0.481 e. The first-order chi connectivity index (χ1) is 24.2. The lowest BCUT2D eigenvalue weighted by Crippen LogP contribution is -2.51. The molecule has 12 atom stereocenters. The van der Waals surface area contributed by atoms with Crippen LogP contribution in [0, 0.1) is 59.2 Å². The Morgan fingerprint density at radius 2 is 1.00 bits per heavy atom. The number of hydrogen-bond donors (Lipinski definition) is 4. The third-order valence-electron chi connectivity index (χ3n) is 14.7. The maximum atomic E-state index is 13.5. The van der Waals surface area contributed by atoms with E-state index in [0.29, 0.717) is 55.0 Å². The average Bonchev–Trinajstić information content (AvgIpc) is 3.13. The van der Waals surface area contributed by atoms with Crippen molar-refractivity contribution in [2.45, 2.75) is 164 Å². The van der Waals surface area contributed by atoms with Crippen molar-refractivity contribution in [1.29, 1.82) is 0 Å². The predicted molar refractivity (Wildman–Crippen MR) is 196 cm³/mol. The Kier molecular flexibility index (Phi) is 14.1. The molecule has 0 saturated heterocycles. The number of hydroxylamine groups is 1. The summed E-state index contributed by atoms with van der Waals surface area (Å²) in [6.07, 6.45) is 23.1. The number of nitrogens with one attached hydrogen (secondary N) is 2. The number of carbonyl (C=O) groups is 3. The van der Waals surface area contributed by atoms with Gasteiger partial charge in [-0.05, 0) is 118 Å². The minimum atomic E-state index is -0.829. The Labute approximate surface area is 310 Å². The second-order valence-electron chi connectivity index (χ2n) is 17.5. The summed E-state index contributed by atoms with van der Waals surface area (Å²) in [6.45, 7) is 0.413. The van der Waals surface area contributed by atoms with Crippen LogP contribution in [0.5, 0.6) is 0 Å². The second-order valence-corrected chi connectivity index (χ2v) is 18.6. The molecule has 8 nitrogen and oxygen atoms in total. The molecule has 10 heteroatoms. The fraction of sp³-hybridized carbons (Fsp3) is 0.925. The summed E-state index contributed by atoms with van der Waals surface area (Å²) in [7, 11) is 0. The zero-order chi connectivity index (χ0) is 35.2. The molecule has 12 unspecified atom stereocenters. The molecule has 0 aromatic carbocycles. The van der Waals surface area contributed by atoms with Gasteiger partial charge in [-0.2, -0.15) is 5.48 Å². The van der Waals surface area contributed by atoms with Crippen molar-refractivity contribution >= 4 is 41.0 Å². The number of rotatable bonds is 11. The van der Waals surface area contributed by atoms with E-state index in [4.69, 9.17) is 28.0 Å². The van der Waals surface area contributed by atoms with E-state index >= 15 is 0 Å². The lowest BCUT2D eigenvalue weighted by Gasteiger charge is -2.42. The van der Waals surface area contributed by atoms with Crippen LogP contribution in [0.3, 0.4) is 0 Å². The van der Waals surface area contributed by atoms with Crippen molar-refractivity contribution in [3.63, 3.8) is 0 Å². The van der Waals surface area contributed by atoms with Gasteiger partial charge in [0.2, 0.25) is 5.91 Å². The van der Waals surface area contributed by atoms with E-state index in [9.17, 15) is 24.6 Å². The van der Waals surface area contributed by atoms with Crippen LogP contribution in [0.2, 0.25) is 0 Å². The monoisotopic (exact) mass is 738 g/mol. The zero-order valence-electron chi connectivity index (χ0n) is 30.1. The second kappa shape index (κ2) is 18.3. The van der Waals surface area contributed by atoms with Crippen molar-refractivity contribution in [3.8, 4) is 0 Å². The average molecular weight is 740 g/mol. The summed E-state index contributed by atoms with van der Waals surface area (Å²) in [5.74, 6) is 0.214. The van der Waals surface area contributed by atoms with Crippen LogP contribution in [0.4, 0.5) is 0 Å². The highest BCUT2D eigenvalue weighted by Crippen LogP contribution is 2.45. The van der Waals surface area contributed by atoms with Gasteiger partial charge in [-0.25, -0.2) is 0 Å². The molecule has 0 aromatic rings. The Hall–Kier alpha value is -1.09. The lowest BCUT2D eigenvalue weighted by atomic mass is 9.66. The van der Waals surface area contributed by atoms with E-state index in [2.05, 4.69) is 10.8 Å². The molecule has 0 heterocycles. The van der Waals surface area contributed by atoms with Gasteiger partial charge in [0, 0.05) is 12.1 Å². The normalized spacial score (nSPS) is 40.9.